The van der Waals surface area contributed by atoms with Crippen molar-refractivity contribution in [3.05, 3.63) is 47.3 Å². The summed E-state index contributed by atoms with van der Waals surface area (Å²) in [5.41, 5.74) is 4.04. The highest BCUT2D eigenvalue weighted by Gasteiger charge is 2.14. The van der Waals surface area contributed by atoms with E-state index in [2.05, 4.69) is 16.7 Å². The van der Waals surface area contributed by atoms with E-state index in [1.807, 2.05) is 32.2 Å². The molecule has 29 heavy (non-hydrogen) atoms. The number of nitrogens with zero attached hydrogens (tertiary/aromatic N) is 2. The molecule has 3 rings (SSSR count). The largest absolute Gasteiger partial charge is 0.489 e. The Morgan fingerprint density at radius 2 is 1.97 bits per heavy atom. The van der Waals surface area contributed by atoms with Gasteiger partial charge in [-0.25, -0.2) is 4.39 Å². The van der Waals surface area contributed by atoms with E-state index in [0.717, 1.165) is 68.1 Å². The van der Waals surface area contributed by atoms with Crippen molar-refractivity contribution >= 4 is 12.0 Å². The Morgan fingerprint density at radius 1 is 1.21 bits per heavy atom. The van der Waals surface area contributed by atoms with Crippen molar-refractivity contribution in [1.82, 2.24) is 4.90 Å². The number of halogens is 1. The second-order valence-corrected chi connectivity index (χ2v) is 7.29. The number of hydrogen-bond acceptors (Lipinski definition) is 5. The van der Waals surface area contributed by atoms with Crippen molar-refractivity contribution in [2.24, 2.45) is 0 Å². The highest BCUT2D eigenvalue weighted by Crippen LogP contribution is 2.32. The fourth-order valence-corrected chi connectivity index (χ4v) is 3.48. The minimum Gasteiger partial charge on any atom is -0.489 e. The van der Waals surface area contributed by atoms with Crippen LogP contribution in [-0.2, 0) is 4.74 Å². The lowest BCUT2D eigenvalue weighted by molar-refractivity contribution is 0.0320. The van der Waals surface area contributed by atoms with Crippen LogP contribution in [0.4, 0.5) is 10.1 Å². The van der Waals surface area contributed by atoms with Gasteiger partial charge in [0.2, 0.25) is 0 Å². The molecule has 0 N–H and O–H groups in total. The van der Waals surface area contributed by atoms with Gasteiger partial charge in [-0.3, -0.25) is 9.69 Å². The molecule has 0 saturated carbocycles. The number of anilines is 1. The van der Waals surface area contributed by atoms with Gasteiger partial charge in [-0.15, -0.1) is 0 Å². The molecule has 0 spiro atoms. The van der Waals surface area contributed by atoms with Crippen LogP contribution in [0.5, 0.6) is 5.75 Å². The van der Waals surface area contributed by atoms with Crippen LogP contribution < -0.4 is 9.64 Å². The monoisotopic (exact) mass is 400 g/mol. The van der Waals surface area contributed by atoms with Gasteiger partial charge < -0.3 is 14.4 Å². The van der Waals surface area contributed by atoms with Crippen LogP contribution in [0.15, 0.2) is 30.3 Å². The summed E-state index contributed by atoms with van der Waals surface area (Å²) >= 11 is 0. The molecule has 0 atom stereocenters. The first kappa shape index (κ1) is 21.3. The second-order valence-electron chi connectivity index (χ2n) is 7.29. The molecular weight excluding hydrogens is 371 g/mol. The maximum Gasteiger partial charge on any atom is 0.165 e. The van der Waals surface area contributed by atoms with Crippen LogP contribution in [0.25, 0.3) is 11.1 Å². The van der Waals surface area contributed by atoms with E-state index >= 15 is 0 Å². The lowest BCUT2D eigenvalue weighted by atomic mass is 9.97. The molecule has 0 aromatic heterocycles. The zero-order valence-corrected chi connectivity index (χ0v) is 17.4. The zero-order chi connectivity index (χ0) is 20.8. The molecule has 2 aromatic rings. The van der Waals surface area contributed by atoms with Gasteiger partial charge in [0.15, 0.2) is 11.6 Å². The van der Waals surface area contributed by atoms with Gasteiger partial charge in [0.1, 0.15) is 12.9 Å². The van der Waals surface area contributed by atoms with Crippen LogP contribution in [0.3, 0.4) is 0 Å². The first-order chi connectivity index (χ1) is 14.0. The fraction of sp³-hybridized carbons (Fsp3) is 0.435. The quantitative estimate of drug-likeness (QED) is 0.631. The van der Waals surface area contributed by atoms with Crippen molar-refractivity contribution in [3.63, 3.8) is 0 Å². The summed E-state index contributed by atoms with van der Waals surface area (Å²) < 4.78 is 25.6. The van der Waals surface area contributed by atoms with Gasteiger partial charge in [0.25, 0.3) is 0 Å². The summed E-state index contributed by atoms with van der Waals surface area (Å²) in [5.74, 6) is -0.154. The number of aldehydes is 1. The van der Waals surface area contributed by atoms with Crippen molar-refractivity contribution < 1.29 is 18.7 Å². The normalized spacial score (nSPS) is 14.6. The Balaban J connectivity index is 1.76. The lowest BCUT2D eigenvalue weighted by Crippen LogP contribution is -2.38. The Labute approximate surface area is 172 Å². The maximum atomic E-state index is 14.6. The van der Waals surface area contributed by atoms with Gasteiger partial charge in [0.05, 0.1) is 13.2 Å². The van der Waals surface area contributed by atoms with Crippen LogP contribution in [0.1, 0.15) is 22.8 Å². The lowest BCUT2D eigenvalue weighted by Gasteiger charge is -2.26. The predicted octanol–water partition coefficient (Wildman–Crippen LogP) is 3.78. The summed E-state index contributed by atoms with van der Waals surface area (Å²) in [6.07, 6.45) is 0.852. The Hall–Kier alpha value is -2.44. The first-order valence-corrected chi connectivity index (χ1v) is 10.1. The summed E-state index contributed by atoms with van der Waals surface area (Å²) in [6, 6.07) is 8.78. The van der Waals surface area contributed by atoms with E-state index in [1.165, 1.54) is 6.07 Å². The first-order valence-electron chi connectivity index (χ1n) is 10.1. The Kier molecular flexibility index (Phi) is 7.23. The average Bonchev–Trinajstić information content (AvgIpc) is 2.75. The molecule has 1 saturated heterocycles. The van der Waals surface area contributed by atoms with Crippen molar-refractivity contribution in [2.45, 2.75) is 13.8 Å². The number of carbonyl (C=O) groups is 1. The van der Waals surface area contributed by atoms with E-state index < -0.39 is 5.82 Å². The topological polar surface area (TPSA) is 42.0 Å². The van der Waals surface area contributed by atoms with Gasteiger partial charge in [0, 0.05) is 44.5 Å². The van der Waals surface area contributed by atoms with E-state index in [4.69, 9.17) is 9.47 Å². The minimum absolute atomic E-state index is 0.246. The summed E-state index contributed by atoms with van der Waals surface area (Å²) in [7, 11) is 1.98. The van der Waals surface area contributed by atoms with Crippen molar-refractivity contribution in [3.8, 4) is 16.9 Å². The average molecular weight is 400 g/mol. The fourth-order valence-electron chi connectivity index (χ4n) is 3.48. The van der Waals surface area contributed by atoms with Gasteiger partial charge >= 0.3 is 0 Å². The van der Waals surface area contributed by atoms with E-state index in [0.29, 0.717) is 12.2 Å². The number of rotatable bonds is 8. The molecule has 1 fully saturated rings. The van der Waals surface area contributed by atoms with Crippen LogP contribution in [0.2, 0.25) is 0 Å². The molecule has 0 radical (unpaired) electrons. The van der Waals surface area contributed by atoms with E-state index in [1.54, 1.807) is 6.07 Å². The number of morpholine rings is 1. The van der Waals surface area contributed by atoms with Crippen LogP contribution >= 0.6 is 0 Å². The molecule has 5 nitrogen and oxygen atoms in total. The molecule has 156 valence electrons. The standard InChI is InChI=1S/C23H29FN2O3/c1-4-25(3)22-15-19(13-20(16-27)17(22)2)18-5-6-23(21(24)14-18)29-12-9-26-7-10-28-11-8-26/h5-6,13-16H,4,7-12H2,1-3H3. The third kappa shape index (κ3) is 5.14. The van der Waals surface area contributed by atoms with Gasteiger partial charge in [-0.05, 0) is 54.8 Å². The molecule has 0 aliphatic carbocycles. The Bertz CT molecular complexity index is 850. The smallest absolute Gasteiger partial charge is 0.165 e. The van der Waals surface area contributed by atoms with Crippen LogP contribution in [0, 0.1) is 12.7 Å². The van der Waals surface area contributed by atoms with Gasteiger partial charge in [-0.2, -0.15) is 0 Å². The highest BCUT2D eigenvalue weighted by molar-refractivity contribution is 5.85. The molecule has 0 bridgehead atoms. The molecule has 0 amide bonds. The molecule has 2 aromatic carbocycles. The van der Waals surface area contributed by atoms with Crippen LogP contribution in [-0.4, -0.2) is 64.2 Å². The second kappa shape index (κ2) is 9.85. The number of benzene rings is 2. The SMILES string of the molecule is CCN(C)c1cc(-c2ccc(OCCN3CCOCC3)c(F)c2)cc(C=O)c1C. The zero-order valence-electron chi connectivity index (χ0n) is 17.4. The molecular formula is C23H29FN2O3. The number of ether oxygens (including phenoxy) is 2. The van der Waals surface area contributed by atoms with Crippen molar-refractivity contribution in [1.29, 1.82) is 0 Å². The number of carbonyl (C=O) groups excluding carboxylic acids is 1. The molecule has 6 heteroatoms. The maximum absolute atomic E-state index is 14.6. The molecule has 1 heterocycles. The minimum atomic E-state index is -0.400. The summed E-state index contributed by atoms with van der Waals surface area (Å²) in [5, 5.41) is 0. The molecule has 0 unspecified atom stereocenters. The van der Waals surface area contributed by atoms with E-state index in [9.17, 15) is 9.18 Å². The summed E-state index contributed by atoms with van der Waals surface area (Å²) in [6.45, 7) is 9.20. The van der Waals surface area contributed by atoms with Crippen molar-refractivity contribution in [2.75, 3.05) is 57.9 Å². The summed E-state index contributed by atoms with van der Waals surface area (Å²) in [4.78, 5) is 15.8. The van der Waals surface area contributed by atoms with Gasteiger partial charge in [-0.1, -0.05) is 6.07 Å². The van der Waals surface area contributed by atoms with E-state index in [-0.39, 0.29) is 5.75 Å². The predicted molar refractivity (Wildman–Crippen MR) is 114 cm³/mol. The Morgan fingerprint density at radius 3 is 2.62 bits per heavy atom. The molecule has 1 aliphatic rings. The third-order valence-electron chi connectivity index (χ3n) is 5.47. The third-order valence-corrected chi connectivity index (χ3v) is 5.47. The highest BCUT2D eigenvalue weighted by atomic mass is 19.1. The number of hydrogen-bond donors (Lipinski definition) is 0. The molecule has 1 aliphatic heterocycles.